The molecule has 0 saturated carbocycles. The maximum Gasteiger partial charge on any atom is 0.253 e. The van der Waals surface area contributed by atoms with E-state index in [0.717, 1.165) is 30.5 Å². The molecule has 0 radical (unpaired) electrons. The van der Waals surface area contributed by atoms with Gasteiger partial charge in [0.05, 0.1) is 40.2 Å². The van der Waals surface area contributed by atoms with Gasteiger partial charge in [-0.1, -0.05) is 13.8 Å². The molecule has 1 atom stereocenters. The molecule has 1 saturated heterocycles. The Kier molecular flexibility index (Phi) is 4.90. The van der Waals surface area contributed by atoms with Gasteiger partial charge in [0.15, 0.2) is 9.84 Å². The molecule has 1 amide bonds. The number of hydrogen-bond donors (Lipinski definition) is 2. The first-order valence-corrected chi connectivity index (χ1v) is 12.7. The van der Waals surface area contributed by atoms with E-state index in [1.54, 1.807) is 6.07 Å². The number of carbonyl (C=O) groups excluding carboxylic acids is 1. The average Bonchev–Trinajstić information content (AvgIpc) is 3.36. The van der Waals surface area contributed by atoms with Crippen LogP contribution in [0.25, 0.3) is 5.69 Å². The second-order valence-corrected chi connectivity index (χ2v) is 11.8. The third-order valence-corrected chi connectivity index (χ3v) is 8.94. The quantitative estimate of drug-likeness (QED) is 0.729. The van der Waals surface area contributed by atoms with Crippen molar-refractivity contribution in [3.8, 4) is 5.69 Å². The van der Waals surface area contributed by atoms with Crippen LogP contribution in [0.15, 0.2) is 17.0 Å². The lowest BCUT2D eigenvalue weighted by atomic mass is 9.89. The number of benzene rings is 1. The van der Waals surface area contributed by atoms with Crippen molar-refractivity contribution >= 4 is 21.4 Å². The smallest absolute Gasteiger partial charge is 0.253 e. The summed E-state index contributed by atoms with van der Waals surface area (Å²) in [5.74, 6) is -1.46. The first-order chi connectivity index (χ1) is 15.1. The summed E-state index contributed by atoms with van der Waals surface area (Å²) in [7, 11) is -3.44. The number of carbonyl (C=O) groups is 1. The summed E-state index contributed by atoms with van der Waals surface area (Å²) in [6, 6.07) is 2.96. The molecule has 0 spiro atoms. The Labute approximate surface area is 187 Å². The fraction of sp³-hybridized carbons (Fsp3) is 0.522. The highest BCUT2D eigenvalue weighted by molar-refractivity contribution is 7.91. The summed E-state index contributed by atoms with van der Waals surface area (Å²) in [6.07, 6.45) is 3.62. The minimum Gasteiger partial charge on any atom is -0.379 e. The van der Waals surface area contributed by atoms with E-state index in [9.17, 15) is 13.2 Å². The molecule has 1 unspecified atom stereocenters. The zero-order valence-corrected chi connectivity index (χ0v) is 19.1. The molecule has 3 N–H and O–H groups in total. The first-order valence-electron chi connectivity index (χ1n) is 11.0. The van der Waals surface area contributed by atoms with Crippen LogP contribution in [-0.2, 0) is 33.8 Å². The molecule has 1 aromatic carbocycles. The van der Waals surface area contributed by atoms with Gasteiger partial charge in [0.25, 0.3) is 5.91 Å². The number of ether oxygens (including phenoxy) is 1. The molecular formula is C23H28FN3O4S. The number of hydrogen-bond acceptors (Lipinski definition) is 5. The van der Waals surface area contributed by atoms with E-state index in [0.29, 0.717) is 48.0 Å². The minimum atomic E-state index is -3.44. The molecule has 7 nitrogen and oxygen atoms in total. The molecule has 1 fully saturated rings. The molecule has 32 heavy (non-hydrogen) atoms. The number of primary amides is 1. The van der Waals surface area contributed by atoms with Gasteiger partial charge in [-0.25, -0.2) is 12.8 Å². The fourth-order valence-corrected chi connectivity index (χ4v) is 7.93. The molecule has 2 aliphatic heterocycles. The van der Waals surface area contributed by atoms with Crippen LogP contribution >= 0.6 is 0 Å². The van der Waals surface area contributed by atoms with Crippen molar-refractivity contribution in [1.82, 2.24) is 4.57 Å². The Hall–Kier alpha value is -2.39. The van der Waals surface area contributed by atoms with Crippen LogP contribution in [0, 0.1) is 11.2 Å². The number of fused-ring (bicyclic) bond motifs is 3. The van der Waals surface area contributed by atoms with E-state index in [4.69, 9.17) is 10.5 Å². The molecule has 1 aliphatic carbocycles. The SMILES string of the molecule is CC1(C)Cc2c(c3c(n2-c2cc(F)c(C(N)=O)c(NC4CCOC4)c2)CCC3)S(=O)(=O)C1. The monoisotopic (exact) mass is 461 g/mol. The Balaban J connectivity index is 1.73. The third kappa shape index (κ3) is 3.42. The molecular weight excluding hydrogens is 433 g/mol. The van der Waals surface area contributed by atoms with E-state index in [1.807, 2.05) is 18.4 Å². The van der Waals surface area contributed by atoms with Crippen molar-refractivity contribution in [2.24, 2.45) is 11.1 Å². The normalized spacial score (nSPS) is 23.0. The summed E-state index contributed by atoms with van der Waals surface area (Å²) in [6.45, 7) is 4.95. The Morgan fingerprint density at radius 1 is 1.28 bits per heavy atom. The first kappa shape index (κ1) is 21.5. The Bertz CT molecular complexity index is 1230. The van der Waals surface area contributed by atoms with E-state index >= 15 is 4.39 Å². The average molecular weight is 462 g/mol. The highest BCUT2D eigenvalue weighted by Gasteiger charge is 2.42. The number of sulfone groups is 1. The van der Waals surface area contributed by atoms with Gasteiger partial charge in [-0.05, 0) is 55.2 Å². The topological polar surface area (TPSA) is 103 Å². The highest BCUT2D eigenvalue weighted by Crippen LogP contribution is 2.44. The summed E-state index contributed by atoms with van der Waals surface area (Å²) in [4.78, 5) is 12.5. The van der Waals surface area contributed by atoms with Crippen LogP contribution in [-0.4, -0.2) is 43.9 Å². The Morgan fingerprint density at radius 3 is 2.75 bits per heavy atom. The standard InChI is InChI=1S/C23H28FN3O4S/c1-23(2)10-19-21(32(29,30)12-23)15-4-3-5-18(15)27(19)14-8-16(24)20(22(25)28)17(9-14)26-13-6-7-31-11-13/h8-9,13,26H,3-7,10-12H2,1-2H3,(H2,25,28). The third-order valence-electron chi connectivity index (χ3n) is 6.67. The van der Waals surface area contributed by atoms with Crippen molar-refractivity contribution < 1.29 is 22.3 Å². The summed E-state index contributed by atoms with van der Waals surface area (Å²) < 4.78 is 49.0. The minimum absolute atomic E-state index is 0.0497. The van der Waals surface area contributed by atoms with Gasteiger partial charge in [-0.2, -0.15) is 0 Å². The molecule has 2 aromatic rings. The van der Waals surface area contributed by atoms with Crippen LogP contribution in [0.2, 0.25) is 0 Å². The zero-order chi connectivity index (χ0) is 22.8. The number of amides is 1. The predicted octanol–water partition coefficient (Wildman–Crippen LogP) is 2.76. The maximum atomic E-state index is 15.2. The van der Waals surface area contributed by atoms with Crippen molar-refractivity contribution in [2.75, 3.05) is 24.3 Å². The van der Waals surface area contributed by atoms with Gasteiger partial charge in [0.2, 0.25) is 0 Å². The number of nitrogens with two attached hydrogens (primary N) is 1. The second-order valence-electron chi connectivity index (χ2n) is 9.91. The van der Waals surface area contributed by atoms with Gasteiger partial charge in [0.1, 0.15) is 5.82 Å². The summed E-state index contributed by atoms with van der Waals surface area (Å²) in [5.41, 5.74) is 8.22. The van der Waals surface area contributed by atoms with Gasteiger partial charge in [-0.3, -0.25) is 4.79 Å². The van der Waals surface area contributed by atoms with Crippen LogP contribution < -0.4 is 11.1 Å². The molecule has 3 aliphatic rings. The van der Waals surface area contributed by atoms with E-state index in [2.05, 4.69) is 5.32 Å². The van der Waals surface area contributed by atoms with Crippen molar-refractivity contribution in [1.29, 1.82) is 0 Å². The number of nitrogens with zero attached hydrogens (tertiary/aromatic N) is 1. The summed E-state index contributed by atoms with van der Waals surface area (Å²) >= 11 is 0. The van der Waals surface area contributed by atoms with Gasteiger partial charge in [-0.15, -0.1) is 0 Å². The zero-order valence-electron chi connectivity index (χ0n) is 18.3. The molecule has 9 heteroatoms. The van der Waals surface area contributed by atoms with Gasteiger partial charge in [0, 0.05) is 18.0 Å². The highest BCUT2D eigenvalue weighted by atomic mass is 32.2. The predicted molar refractivity (Wildman–Crippen MR) is 119 cm³/mol. The van der Waals surface area contributed by atoms with E-state index < -0.39 is 27.0 Å². The van der Waals surface area contributed by atoms with Crippen molar-refractivity contribution in [2.45, 2.75) is 56.9 Å². The second kappa shape index (κ2) is 7.31. The molecule has 3 heterocycles. The maximum absolute atomic E-state index is 15.2. The largest absolute Gasteiger partial charge is 0.379 e. The van der Waals surface area contributed by atoms with Gasteiger partial charge < -0.3 is 20.4 Å². The van der Waals surface area contributed by atoms with Crippen LogP contribution in [0.5, 0.6) is 0 Å². The number of aromatic nitrogens is 1. The fourth-order valence-electron chi connectivity index (χ4n) is 5.54. The Morgan fingerprint density at radius 2 is 2.06 bits per heavy atom. The molecule has 5 rings (SSSR count). The lowest BCUT2D eigenvalue weighted by Gasteiger charge is -2.31. The lowest BCUT2D eigenvalue weighted by molar-refractivity contribution is 0.0997. The summed E-state index contributed by atoms with van der Waals surface area (Å²) in [5, 5.41) is 3.22. The molecule has 0 bridgehead atoms. The van der Waals surface area contributed by atoms with Crippen molar-refractivity contribution in [3.05, 3.63) is 40.5 Å². The lowest BCUT2D eigenvalue weighted by Crippen LogP contribution is -2.33. The number of rotatable bonds is 4. The van der Waals surface area contributed by atoms with Crippen LogP contribution in [0.1, 0.15) is 54.0 Å². The molecule has 1 aromatic heterocycles. The number of anilines is 1. The molecule has 172 valence electrons. The number of halogens is 1. The van der Waals surface area contributed by atoms with Crippen molar-refractivity contribution in [3.63, 3.8) is 0 Å². The van der Waals surface area contributed by atoms with Gasteiger partial charge >= 0.3 is 0 Å². The van der Waals surface area contributed by atoms with Crippen LogP contribution in [0.3, 0.4) is 0 Å². The van der Waals surface area contributed by atoms with Crippen LogP contribution in [0.4, 0.5) is 10.1 Å². The van der Waals surface area contributed by atoms with E-state index in [1.165, 1.54) is 6.07 Å². The van der Waals surface area contributed by atoms with E-state index in [-0.39, 0.29) is 17.4 Å². The number of nitrogens with one attached hydrogen (secondary N) is 1.